The van der Waals surface area contributed by atoms with E-state index in [1.807, 2.05) is 0 Å². The summed E-state index contributed by atoms with van der Waals surface area (Å²) in [6, 6.07) is 8.47. The maximum absolute atomic E-state index is 12.5. The molecule has 2 aliphatic heterocycles. The Morgan fingerprint density at radius 2 is 2.17 bits per heavy atom. The minimum absolute atomic E-state index is 0.0762. The summed E-state index contributed by atoms with van der Waals surface area (Å²) in [5, 5.41) is 6.28. The number of carbonyl (C=O) groups is 1. The monoisotopic (exact) mass is 329 g/mol. The highest BCUT2D eigenvalue weighted by atomic mass is 32.2. The third kappa shape index (κ3) is 3.78. The van der Waals surface area contributed by atoms with Crippen LogP contribution < -0.4 is 5.32 Å². The van der Waals surface area contributed by atoms with E-state index < -0.39 is 0 Å². The van der Waals surface area contributed by atoms with Crippen molar-refractivity contribution in [3.05, 3.63) is 46.5 Å². The van der Waals surface area contributed by atoms with Crippen molar-refractivity contribution in [3.63, 3.8) is 0 Å². The molecule has 1 aromatic carbocycles. The summed E-state index contributed by atoms with van der Waals surface area (Å²) in [6.45, 7) is 6.05. The Hall–Kier alpha value is -1.75. The number of carbonyl (C=O) groups excluding carboxylic acids is 1. The third-order valence-corrected chi connectivity index (χ3v) is 5.18. The molecule has 0 unspecified atom stereocenters. The first kappa shape index (κ1) is 16.1. The minimum atomic E-state index is 0.0762. The fraction of sp³-hybridized carbons (Fsp3) is 0.444. The first-order valence-corrected chi connectivity index (χ1v) is 9.09. The van der Waals surface area contributed by atoms with Gasteiger partial charge in [-0.2, -0.15) is 0 Å². The van der Waals surface area contributed by atoms with E-state index in [0.717, 1.165) is 36.8 Å². The van der Waals surface area contributed by atoms with E-state index in [9.17, 15) is 4.79 Å². The van der Waals surface area contributed by atoms with Gasteiger partial charge in [-0.1, -0.05) is 48.5 Å². The number of aliphatic imine (C=N–C) groups is 1. The van der Waals surface area contributed by atoms with Gasteiger partial charge >= 0.3 is 0 Å². The number of fused-ring (bicyclic) bond motifs is 1. The molecule has 1 aromatic rings. The molecule has 2 heterocycles. The molecule has 0 aliphatic carbocycles. The summed E-state index contributed by atoms with van der Waals surface area (Å²) < 4.78 is 0. The third-order valence-electron chi connectivity index (χ3n) is 4.23. The van der Waals surface area contributed by atoms with Gasteiger partial charge in [0.15, 0.2) is 5.17 Å². The molecule has 0 saturated carbocycles. The molecule has 2 aliphatic rings. The van der Waals surface area contributed by atoms with E-state index in [0.29, 0.717) is 6.42 Å². The van der Waals surface area contributed by atoms with Crippen LogP contribution in [0.2, 0.25) is 0 Å². The molecular weight excluding hydrogens is 306 g/mol. The first-order valence-electron chi connectivity index (χ1n) is 8.21. The van der Waals surface area contributed by atoms with Crippen molar-refractivity contribution in [2.24, 2.45) is 4.99 Å². The van der Waals surface area contributed by atoms with E-state index in [-0.39, 0.29) is 11.9 Å². The molecule has 0 aromatic heterocycles. The number of nitrogens with zero attached hydrogens (tertiary/aromatic N) is 2. The lowest BCUT2D eigenvalue weighted by Crippen LogP contribution is -2.34. The van der Waals surface area contributed by atoms with Crippen molar-refractivity contribution in [2.45, 2.75) is 39.2 Å². The smallest absolute Gasteiger partial charge is 0.226 e. The number of thioether (sulfide) groups is 1. The minimum Gasteiger partial charge on any atom is -0.349 e. The predicted octanol–water partition coefficient (Wildman–Crippen LogP) is 3.60. The number of nitrogens with one attached hydrogen (secondary N) is 1. The highest BCUT2D eigenvalue weighted by molar-refractivity contribution is 8.16. The van der Waals surface area contributed by atoms with Crippen LogP contribution in [0.15, 0.2) is 40.4 Å². The number of hydrogen-bond acceptors (Lipinski definition) is 4. The largest absolute Gasteiger partial charge is 0.349 e. The summed E-state index contributed by atoms with van der Waals surface area (Å²) in [5.41, 5.74) is 3.48. The standard InChI is InChI=1S/C18H23N3OS/c1-3-16(14-7-5-13(2)6-8-14)20-17(22)11-15-12-23-18-19-9-4-10-21(15)18/h5-8,12,16H,3-4,9-11H2,1-2H3,(H,20,22)/t16-/m1/s1. The van der Waals surface area contributed by atoms with E-state index in [1.165, 1.54) is 11.1 Å². The van der Waals surface area contributed by atoms with E-state index in [4.69, 9.17) is 0 Å². The molecule has 4 nitrogen and oxygen atoms in total. The highest BCUT2D eigenvalue weighted by Gasteiger charge is 2.26. The molecule has 0 radical (unpaired) electrons. The average Bonchev–Trinajstić information content (AvgIpc) is 2.97. The Kier molecular flexibility index (Phi) is 5.06. The van der Waals surface area contributed by atoms with Crippen molar-refractivity contribution in [3.8, 4) is 0 Å². The zero-order valence-electron chi connectivity index (χ0n) is 13.7. The quantitative estimate of drug-likeness (QED) is 0.897. The van der Waals surface area contributed by atoms with Crippen molar-refractivity contribution in [2.75, 3.05) is 13.1 Å². The fourth-order valence-corrected chi connectivity index (χ4v) is 3.86. The van der Waals surface area contributed by atoms with Gasteiger partial charge in [-0.25, -0.2) is 0 Å². The van der Waals surface area contributed by atoms with Gasteiger partial charge < -0.3 is 10.2 Å². The van der Waals surface area contributed by atoms with E-state index in [2.05, 4.69) is 58.7 Å². The second-order valence-electron chi connectivity index (χ2n) is 6.01. The lowest BCUT2D eigenvalue weighted by Gasteiger charge is -2.25. The lowest BCUT2D eigenvalue weighted by atomic mass is 10.0. The molecule has 1 N–H and O–H groups in total. The zero-order chi connectivity index (χ0) is 16.2. The van der Waals surface area contributed by atoms with E-state index >= 15 is 0 Å². The number of benzene rings is 1. The number of aryl methyl sites for hydroxylation is 1. The molecule has 0 saturated heterocycles. The molecule has 5 heteroatoms. The molecule has 0 bridgehead atoms. The topological polar surface area (TPSA) is 44.7 Å². The summed E-state index contributed by atoms with van der Waals surface area (Å²) in [6.07, 6.45) is 2.37. The number of amides is 1. The SMILES string of the molecule is CC[C@@H](NC(=O)CC1=CSC2=NCCCN12)c1ccc(C)cc1. The van der Waals surface area contributed by atoms with Crippen LogP contribution in [0.1, 0.15) is 43.4 Å². The van der Waals surface area contributed by atoms with Gasteiger partial charge in [-0.05, 0) is 30.7 Å². The summed E-state index contributed by atoms with van der Waals surface area (Å²) in [4.78, 5) is 19.1. The summed E-state index contributed by atoms with van der Waals surface area (Å²) in [7, 11) is 0. The van der Waals surface area contributed by atoms with Crippen molar-refractivity contribution < 1.29 is 4.79 Å². The van der Waals surface area contributed by atoms with Crippen molar-refractivity contribution in [1.29, 1.82) is 0 Å². The summed E-state index contributed by atoms with van der Waals surface area (Å²) in [5.74, 6) is 0.0797. The zero-order valence-corrected chi connectivity index (χ0v) is 14.5. The number of rotatable bonds is 5. The molecule has 3 rings (SSSR count). The van der Waals surface area contributed by atoms with E-state index in [1.54, 1.807) is 11.8 Å². The van der Waals surface area contributed by atoms with Crippen LogP contribution in [0.25, 0.3) is 0 Å². The molecule has 122 valence electrons. The lowest BCUT2D eigenvalue weighted by molar-refractivity contribution is -0.121. The number of amidine groups is 1. The maximum Gasteiger partial charge on any atom is 0.226 e. The van der Waals surface area contributed by atoms with Gasteiger partial charge in [0.25, 0.3) is 0 Å². The molecule has 0 spiro atoms. The van der Waals surface area contributed by atoms with Crippen LogP contribution >= 0.6 is 11.8 Å². The van der Waals surface area contributed by atoms with Gasteiger partial charge in [-0.15, -0.1) is 0 Å². The highest BCUT2D eigenvalue weighted by Crippen LogP contribution is 2.30. The number of hydrogen-bond donors (Lipinski definition) is 1. The summed E-state index contributed by atoms with van der Waals surface area (Å²) >= 11 is 1.63. The fourth-order valence-electron chi connectivity index (χ4n) is 2.90. The molecular formula is C18H23N3OS. The van der Waals surface area contributed by atoms with Crippen LogP contribution in [0.4, 0.5) is 0 Å². The average molecular weight is 329 g/mol. The Morgan fingerprint density at radius 3 is 2.91 bits per heavy atom. The van der Waals surface area contributed by atoms with Gasteiger partial charge in [0.05, 0.1) is 12.5 Å². The van der Waals surface area contributed by atoms with Crippen LogP contribution in [0, 0.1) is 6.92 Å². The van der Waals surface area contributed by atoms with Gasteiger partial charge in [0.1, 0.15) is 0 Å². The van der Waals surface area contributed by atoms with Crippen LogP contribution in [-0.4, -0.2) is 29.1 Å². The first-order chi connectivity index (χ1) is 11.2. The molecule has 1 amide bonds. The van der Waals surface area contributed by atoms with Gasteiger partial charge in [0.2, 0.25) is 5.91 Å². The van der Waals surface area contributed by atoms with Crippen LogP contribution in [0.5, 0.6) is 0 Å². The Morgan fingerprint density at radius 1 is 1.39 bits per heavy atom. The van der Waals surface area contributed by atoms with Gasteiger partial charge in [0, 0.05) is 18.8 Å². The Balaban J connectivity index is 1.61. The maximum atomic E-state index is 12.5. The Labute approximate surface area is 142 Å². The van der Waals surface area contributed by atoms with Crippen molar-refractivity contribution in [1.82, 2.24) is 10.2 Å². The second-order valence-corrected chi connectivity index (χ2v) is 6.85. The molecule has 0 fully saturated rings. The second kappa shape index (κ2) is 7.21. The molecule has 23 heavy (non-hydrogen) atoms. The van der Waals surface area contributed by atoms with Gasteiger partial charge in [-0.3, -0.25) is 9.79 Å². The normalized spacial score (nSPS) is 18.1. The molecule has 1 atom stereocenters. The predicted molar refractivity (Wildman–Crippen MR) is 96.3 cm³/mol. The van der Waals surface area contributed by atoms with Crippen molar-refractivity contribution >= 4 is 22.8 Å². The van der Waals surface area contributed by atoms with Crippen LogP contribution in [0.3, 0.4) is 0 Å². The Bertz CT molecular complexity index is 636. The van der Waals surface area contributed by atoms with Crippen LogP contribution in [-0.2, 0) is 4.79 Å².